The van der Waals surface area contributed by atoms with E-state index in [0.29, 0.717) is 17.3 Å². The molecule has 0 aliphatic heterocycles. The van der Waals surface area contributed by atoms with Gasteiger partial charge >= 0.3 is 0 Å². The van der Waals surface area contributed by atoms with Crippen LogP contribution in [0.4, 0.5) is 4.39 Å². The Morgan fingerprint density at radius 1 is 1.15 bits per heavy atom. The molecule has 0 bridgehead atoms. The fraction of sp³-hybridized carbons (Fsp3) is 0.150. The van der Waals surface area contributed by atoms with Gasteiger partial charge in [-0.05, 0) is 6.07 Å². The topological polar surface area (TPSA) is 59.8 Å². The number of carbonyl (C=O) groups excluding carboxylic acids is 1. The molecule has 0 radical (unpaired) electrons. The summed E-state index contributed by atoms with van der Waals surface area (Å²) in [7, 11) is 0. The third-order valence-corrected chi connectivity index (χ3v) is 4.79. The number of nitrogens with one attached hydrogen (secondary N) is 1. The molecule has 1 heterocycles. The van der Waals surface area contributed by atoms with Crippen molar-refractivity contribution in [3.05, 3.63) is 78.6 Å². The van der Waals surface area contributed by atoms with Crippen LogP contribution in [0.3, 0.4) is 0 Å². The van der Waals surface area contributed by atoms with Gasteiger partial charge in [0.1, 0.15) is 5.82 Å². The number of allylic oxidation sites excluding steroid dienone is 1. The highest BCUT2D eigenvalue weighted by molar-refractivity contribution is 7.99. The van der Waals surface area contributed by atoms with E-state index in [9.17, 15) is 9.18 Å². The second kappa shape index (κ2) is 9.14. The van der Waals surface area contributed by atoms with Gasteiger partial charge < -0.3 is 5.32 Å². The average Bonchev–Trinajstić information content (AvgIpc) is 3.09. The van der Waals surface area contributed by atoms with Gasteiger partial charge in [0.2, 0.25) is 5.91 Å². The number of thioether (sulfide) groups is 1. The summed E-state index contributed by atoms with van der Waals surface area (Å²) in [5.74, 6) is 0.365. The lowest BCUT2D eigenvalue weighted by molar-refractivity contribution is -0.118. The Bertz CT molecular complexity index is 927. The normalized spacial score (nSPS) is 10.6. The number of hydrogen-bond acceptors (Lipinski definition) is 4. The van der Waals surface area contributed by atoms with E-state index >= 15 is 0 Å². The van der Waals surface area contributed by atoms with E-state index < -0.39 is 0 Å². The molecule has 0 saturated heterocycles. The van der Waals surface area contributed by atoms with Gasteiger partial charge in [-0.3, -0.25) is 9.36 Å². The second-order valence-electron chi connectivity index (χ2n) is 5.73. The third kappa shape index (κ3) is 4.83. The van der Waals surface area contributed by atoms with E-state index in [-0.39, 0.29) is 24.0 Å². The average molecular weight is 382 g/mol. The summed E-state index contributed by atoms with van der Waals surface area (Å²) in [5.41, 5.74) is 1.40. The van der Waals surface area contributed by atoms with Crippen LogP contribution >= 0.6 is 11.8 Å². The highest BCUT2D eigenvalue weighted by Gasteiger charge is 2.14. The number of benzene rings is 2. The van der Waals surface area contributed by atoms with E-state index in [0.717, 1.165) is 11.4 Å². The van der Waals surface area contributed by atoms with Crippen molar-refractivity contribution in [2.24, 2.45) is 0 Å². The van der Waals surface area contributed by atoms with Crippen LogP contribution in [0.5, 0.6) is 0 Å². The number of carbonyl (C=O) groups is 1. The zero-order valence-corrected chi connectivity index (χ0v) is 15.5. The highest BCUT2D eigenvalue weighted by Crippen LogP contribution is 2.23. The van der Waals surface area contributed by atoms with Crippen LogP contribution in [0, 0.1) is 5.82 Å². The van der Waals surface area contributed by atoms with Crippen molar-refractivity contribution in [1.82, 2.24) is 20.1 Å². The van der Waals surface area contributed by atoms with Crippen LogP contribution in [0.2, 0.25) is 0 Å². The molecule has 7 heteroatoms. The van der Waals surface area contributed by atoms with Gasteiger partial charge in [-0.15, -0.1) is 16.8 Å². The van der Waals surface area contributed by atoms with E-state index in [1.165, 1.54) is 17.8 Å². The summed E-state index contributed by atoms with van der Waals surface area (Å²) in [4.78, 5) is 12.1. The minimum atomic E-state index is -0.330. The molecule has 0 unspecified atom stereocenters. The monoisotopic (exact) mass is 382 g/mol. The van der Waals surface area contributed by atoms with Crippen LogP contribution in [0.25, 0.3) is 11.4 Å². The molecule has 2 aromatic carbocycles. The third-order valence-electron chi connectivity index (χ3n) is 3.83. The standard InChI is InChI=1S/C20H19FN4OS/c1-2-12-25-19(15-8-4-3-5-9-15)23-24-20(25)27-14-18(26)22-13-16-10-6-7-11-17(16)21/h2-11H,1,12-14H2,(H,22,26). The van der Waals surface area contributed by atoms with Crippen molar-refractivity contribution < 1.29 is 9.18 Å². The number of hydrogen-bond donors (Lipinski definition) is 1. The van der Waals surface area contributed by atoms with Gasteiger partial charge in [0.15, 0.2) is 11.0 Å². The first-order chi connectivity index (χ1) is 13.2. The van der Waals surface area contributed by atoms with Crippen molar-refractivity contribution in [1.29, 1.82) is 0 Å². The van der Waals surface area contributed by atoms with Gasteiger partial charge in [0.05, 0.1) is 5.75 Å². The molecule has 0 spiro atoms. The Morgan fingerprint density at radius 2 is 1.89 bits per heavy atom. The Balaban J connectivity index is 1.63. The maximum atomic E-state index is 13.6. The van der Waals surface area contributed by atoms with E-state index in [1.54, 1.807) is 24.3 Å². The van der Waals surface area contributed by atoms with Crippen molar-refractivity contribution in [3.63, 3.8) is 0 Å². The molecule has 3 rings (SSSR count). The second-order valence-corrected chi connectivity index (χ2v) is 6.67. The van der Waals surface area contributed by atoms with Crippen LogP contribution in [0.1, 0.15) is 5.56 Å². The molecule has 0 aliphatic rings. The lowest BCUT2D eigenvalue weighted by atomic mass is 10.2. The lowest BCUT2D eigenvalue weighted by Crippen LogP contribution is -2.25. The number of halogens is 1. The number of aromatic nitrogens is 3. The summed E-state index contributed by atoms with van der Waals surface area (Å²) in [5, 5.41) is 11.8. The van der Waals surface area contributed by atoms with Crippen molar-refractivity contribution in [2.45, 2.75) is 18.2 Å². The number of rotatable bonds is 8. The van der Waals surface area contributed by atoms with Gasteiger partial charge in [0, 0.05) is 24.2 Å². The Hall–Kier alpha value is -2.93. The zero-order valence-electron chi connectivity index (χ0n) is 14.6. The van der Waals surface area contributed by atoms with Crippen LogP contribution in [0.15, 0.2) is 72.4 Å². The van der Waals surface area contributed by atoms with E-state index in [1.807, 2.05) is 34.9 Å². The van der Waals surface area contributed by atoms with Gasteiger partial charge in [-0.1, -0.05) is 66.4 Å². The minimum absolute atomic E-state index is 0.153. The molecular weight excluding hydrogens is 363 g/mol. The minimum Gasteiger partial charge on any atom is -0.351 e. The molecular formula is C20H19FN4OS. The molecule has 0 atom stereocenters. The fourth-order valence-electron chi connectivity index (χ4n) is 2.51. The van der Waals surface area contributed by atoms with Crippen LogP contribution < -0.4 is 5.32 Å². The van der Waals surface area contributed by atoms with Crippen LogP contribution in [-0.4, -0.2) is 26.4 Å². The van der Waals surface area contributed by atoms with E-state index in [2.05, 4.69) is 22.1 Å². The van der Waals surface area contributed by atoms with E-state index in [4.69, 9.17) is 0 Å². The van der Waals surface area contributed by atoms with Crippen molar-refractivity contribution in [3.8, 4) is 11.4 Å². The molecule has 5 nitrogen and oxygen atoms in total. The van der Waals surface area contributed by atoms with Gasteiger partial charge in [0.25, 0.3) is 0 Å². The molecule has 0 saturated carbocycles. The van der Waals surface area contributed by atoms with Gasteiger partial charge in [-0.25, -0.2) is 4.39 Å². The Kier molecular flexibility index (Phi) is 6.38. The molecule has 138 valence electrons. The summed E-state index contributed by atoms with van der Waals surface area (Å²) in [6, 6.07) is 16.1. The first-order valence-corrected chi connectivity index (χ1v) is 9.40. The Morgan fingerprint density at radius 3 is 2.63 bits per heavy atom. The quantitative estimate of drug-likeness (QED) is 0.477. The number of nitrogens with zero attached hydrogens (tertiary/aromatic N) is 3. The molecule has 1 aromatic heterocycles. The number of amides is 1. The maximum Gasteiger partial charge on any atom is 0.230 e. The fourth-order valence-corrected chi connectivity index (χ4v) is 3.28. The van der Waals surface area contributed by atoms with Crippen LogP contribution in [-0.2, 0) is 17.9 Å². The molecule has 27 heavy (non-hydrogen) atoms. The van der Waals surface area contributed by atoms with Crippen molar-refractivity contribution >= 4 is 17.7 Å². The molecule has 0 aliphatic carbocycles. The maximum absolute atomic E-state index is 13.6. The highest BCUT2D eigenvalue weighted by atomic mass is 32.2. The zero-order chi connectivity index (χ0) is 19.1. The molecule has 1 amide bonds. The predicted molar refractivity (Wildman–Crippen MR) is 105 cm³/mol. The van der Waals surface area contributed by atoms with Crippen molar-refractivity contribution in [2.75, 3.05) is 5.75 Å². The first-order valence-electron chi connectivity index (χ1n) is 8.41. The molecule has 0 fully saturated rings. The molecule has 3 aromatic rings. The SMILES string of the molecule is C=CCn1c(SCC(=O)NCc2ccccc2F)nnc1-c1ccccc1. The summed E-state index contributed by atoms with van der Waals surface area (Å²) < 4.78 is 15.5. The first kappa shape index (κ1) is 18.8. The molecule has 1 N–H and O–H groups in total. The lowest BCUT2D eigenvalue weighted by Gasteiger charge is -2.08. The van der Waals surface area contributed by atoms with Gasteiger partial charge in [-0.2, -0.15) is 0 Å². The summed E-state index contributed by atoms with van der Waals surface area (Å²) in [6.45, 7) is 4.47. The smallest absolute Gasteiger partial charge is 0.230 e. The largest absolute Gasteiger partial charge is 0.351 e. The Labute approximate surface area is 161 Å². The summed E-state index contributed by atoms with van der Waals surface area (Å²) >= 11 is 1.29. The predicted octanol–water partition coefficient (Wildman–Crippen LogP) is 3.68. The summed E-state index contributed by atoms with van der Waals surface area (Å²) in [6.07, 6.45) is 1.76.